The molecular formula is C31H32N8O3. The number of likely N-dealkylation sites (tertiary alicyclic amines) is 1. The molecule has 2 fully saturated rings. The van der Waals surface area contributed by atoms with Crippen molar-refractivity contribution in [3.8, 4) is 23.3 Å². The number of nitrogens with zero attached hydrogens (tertiary/aromatic N) is 6. The number of carbonyl (C=O) groups excluding carboxylic acids is 1. The Hall–Kier alpha value is -4.95. The summed E-state index contributed by atoms with van der Waals surface area (Å²) in [5.41, 5.74) is 6.92. The number of nitriles is 1. The molecule has 2 aromatic carbocycles. The molecule has 0 unspecified atom stereocenters. The number of imidazole rings is 1. The Kier molecular flexibility index (Phi) is 7.00. The predicted octanol–water partition coefficient (Wildman–Crippen LogP) is 3.71. The van der Waals surface area contributed by atoms with Gasteiger partial charge in [0.2, 0.25) is 0 Å². The van der Waals surface area contributed by atoms with E-state index in [2.05, 4.69) is 21.4 Å². The molecule has 1 saturated heterocycles. The van der Waals surface area contributed by atoms with Gasteiger partial charge in [0.1, 0.15) is 35.0 Å². The molecule has 3 heterocycles. The molecule has 2 aromatic heterocycles. The number of hydrogen-bond acceptors (Lipinski definition) is 8. The monoisotopic (exact) mass is 564 g/mol. The summed E-state index contributed by atoms with van der Waals surface area (Å²) in [5, 5.41) is 13.3. The Balaban J connectivity index is 1.29. The number of rotatable bonds is 8. The highest BCUT2D eigenvalue weighted by Gasteiger charge is 2.34. The third-order valence-corrected chi connectivity index (χ3v) is 7.58. The number of ether oxygens (including phenoxy) is 1. The van der Waals surface area contributed by atoms with Crippen molar-refractivity contribution < 1.29 is 9.53 Å². The van der Waals surface area contributed by atoms with Crippen LogP contribution in [0.2, 0.25) is 0 Å². The minimum absolute atomic E-state index is 0.0907. The summed E-state index contributed by atoms with van der Waals surface area (Å²) in [6.07, 6.45) is 5.77. The quantitative estimate of drug-likeness (QED) is 0.243. The van der Waals surface area contributed by atoms with Crippen LogP contribution in [-0.2, 0) is 4.79 Å². The zero-order chi connectivity index (χ0) is 29.4. The molecule has 0 radical (unpaired) electrons. The van der Waals surface area contributed by atoms with Gasteiger partial charge in [-0.1, -0.05) is 18.2 Å². The molecule has 2 aliphatic rings. The largest absolute Gasteiger partial charge is 0.457 e. The Morgan fingerprint density at radius 3 is 2.50 bits per heavy atom. The second-order valence-electron chi connectivity index (χ2n) is 11.3. The van der Waals surface area contributed by atoms with Gasteiger partial charge in [-0.25, -0.2) is 14.8 Å². The van der Waals surface area contributed by atoms with Crippen molar-refractivity contribution >= 4 is 22.9 Å². The third kappa shape index (κ3) is 5.36. The number of anilines is 1. The lowest BCUT2D eigenvalue weighted by molar-refractivity contribution is -0.125. The lowest BCUT2D eigenvalue weighted by Gasteiger charge is -2.24. The van der Waals surface area contributed by atoms with Crippen molar-refractivity contribution in [2.75, 3.05) is 18.8 Å². The van der Waals surface area contributed by atoms with Crippen LogP contribution >= 0.6 is 0 Å². The van der Waals surface area contributed by atoms with Crippen molar-refractivity contribution in [2.45, 2.75) is 50.7 Å². The van der Waals surface area contributed by atoms with E-state index in [-0.39, 0.29) is 35.6 Å². The molecule has 4 aromatic rings. The van der Waals surface area contributed by atoms with Gasteiger partial charge in [0, 0.05) is 24.7 Å². The summed E-state index contributed by atoms with van der Waals surface area (Å²) in [7, 11) is 0. The minimum Gasteiger partial charge on any atom is -0.457 e. The van der Waals surface area contributed by atoms with E-state index in [1.165, 1.54) is 10.9 Å². The first-order valence-electron chi connectivity index (χ1n) is 14.0. The first-order valence-corrected chi connectivity index (χ1v) is 14.0. The van der Waals surface area contributed by atoms with Crippen LogP contribution in [0.1, 0.15) is 39.2 Å². The molecule has 11 heteroatoms. The molecule has 11 nitrogen and oxygen atoms in total. The Morgan fingerprint density at radius 2 is 1.81 bits per heavy atom. The van der Waals surface area contributed by atoms with E-state index in [1.807, 2.05) is 44.2 Å². The van der Waals surface area contributed by atoms with Gasteiger partial charge in [0.25, 0.3) is 5.91 Å². The first kappa shape index (κ1) is 27.2. The van der Waals surface area contributed by atoms with Crippen LogP contribution in [0.3, 0.4) is 0 Å². The number of fused-ring (bicyclic) bond motifs is 1. The molecule has 0 spiro atoms. The van der Waals surface area contributed by atoms with Crippen molar-refractivity contribution in [1.29, 1.82) is 5.26 Å². The minimum atomic E-state index is -0.485. The number of amides is 1. The summed E-state index contributed by atoms with van der Waals surface area (Å²) in [5.74, 6) is 1.15. The Bertz CT molecular complexity index is 1760. The van der Waals surface area contributed by atoms with E-state index in [9.17, 15) is 14.9 Å². The van der Waals surface area contributed by atoms with Gasteiger partial charge < -0.3 is 20.7 Å². The topological polar surface area (TPSA) is 144 Å². The summed E-state index contributed by atoms with van der Waals surface area (Å²) in [6, 6.07) is 18.7. The number of nitrogens with two attached hydrogens (primary N) is 1. The maximum Gasteiger partial charge on any atom is 0.335 e. The Morgan fingerprint density at radius 1 is 1.10 bits per heavy atom. The van der Waals surface area contributed by atoms with Crippen molar-refractivity contribution in [2.24, 2.45) is 0 Å². The van der Waals surface area contributed by atoms with E-state index in [1.54, 1.807) is 39.8 Å². The number of para-hydroxylation sites is 1. The van der Waals surface area contributed by atoms with Gasteiger partial charge >= 0.3 is 5.69 Å². The summed E-state index contributed by atoms with van der Waals surface area (Å²) >= 11 is 0. The lowest BCUT2D eigenvalue weighted by Crippen LogP contribution is -2.40. The van der Waals surface area contributed by atoms with Crippen LogP contribution in [0.5, 0.6) is 11.5 Å². The van der Waals surface area contributed by atoms with Crippen LogP contribution in [-0.4, -0.2) is 54.6 Å². The third-order valence-electron chi connectivity index (χ3n) is 7.58. The van der Waals surface area contributed by atoms with Crippen molar-refractivity contribution in [3.63, 3.8) is 0 Å². The van der Waals surface area contributed by atoms with Gasteiger partial charge in [-0.15, -0.1) is 0 Å². The fraction of sp³-hybridized carbons (Fsp3) is 0.323. The molecule has 0 bridgehead atoms. The second-order valence-corrected chi connectivity index (χ2v) is 11.3. The van der Waals surface area contributed by atoms with Crippen LogP contribution in [0.25, 0.3) is 16.9 Å². The fourth-order valence-corrected chi connectivity index (χ4v) is 5.53. The predicted molar refractivity (Wildman–Crippen MR) is 158 cm³/mol. The van der Waals surface area contributed by atoms with Crippen molar-refractivity contribution in [1.82, 2.24) is 29.3 Å². The van der Waals surface area contributed by atoms with Gasteiger partial charge in [0.05, 0.1) is 11.7 Å². The Labute approximate surface area is 242 Å². The highest BCUT2D eigenvalue weighted by atomic mass is 16.5. The summed E-state index contributed by atoms with van der Waals surface area (Å²) < 4.78 is 8.98. The van der Waals surface area contributed by atoms with Crippen LogP contribution < -0.4 is 21.5 Å². The molecule has 6 rings (SSSR count). The maximum absolute atomic E-state index is 14.0. The molecule has 214 valence electrons. The lowest BCUT2D eigenvalue weighted by atomic mass is 10.0. The average Bonchev–Trinajstić information content (AvgIpc) is 3.54. The highest BCUT2D eigenvalue weighted by molar-refractivity contribution is 5.97. The molecule has 1 amide bonds. The molecule has 1 atom stereocenters. The molecular weight excluding hydrogens is 532 g/mol. The van der Waals surface area contributed by atoms with Gasteiger partial charge in [-0.05, 0) is 75.6 Å². The standard InChI is InChI=1S/C31H32N8O3/c1-31(2,36-21-8-9-21)16-20(17-32)29(40)37-15-14-23(18-37)39-28-26(27(33)34-19-35-28)38(30(39)41)22-10-12-25(13-11-22)42-24-6-4-3-5-7-24/h3-7,10-13,16,19,21,23,36H,8-9,14-15,18H2,1-2H3,(H2,33,34,35)/t23-/m0/s1. The number of hydrogen-bond donors (Lipinski definition) is 2. The zero-order valence-corrected chi connectivity index (χ0v) is 23.5. The smallest absolute Gasteiger partial charge is 0.335 e. The normalized spacial score (nSPS) is 17.4. The van der Waals surface area contributed by atoms with E-state index < -0.39 is 5.54 Å². The second kappa shape index (κ2) is 10.8. The van der Waals surface area contributed by atoms with E-state index in [0.717, 1.165) is 12.8 Å². The molecule has 3 N–H and O–H groups in total. The number of benzene rings is 2. The van der Waals surface area contributed by atoms with Gasteiger partial charge in [0.15, 0.2) is 11.5 Å². The fourth-order valence-electron chi connectivity index (χ4n) is 5.53. The maximum atomic E-state index is 14.0. The summed E-state index contributed by atoms with van der Waals surface area (Å²) in [4.78, 5) is 37.5. The molecule has 1 aliphatic carbocycles. The molecule has 1 aliphatic heterocycles. The summed E-state index contributed by atoms with van der Waals surface area (Å²) in [6.45, 7) is 4.59. The number of nitrogens with one attached hydrogen (secondary N) is 1. The zero-order valence-electron chi connectivity index (χ0n) is 23.5. The number of aromatic nitrogens is 4. The van der Waals surface area contributed by atoms with Crippen molar-refractivity contribution in [3.05, 3.63) is 83.1 Å². The van der Waals surface area contributed by atoms with Crippen LogP contribution in [0.15, 0.2) is 77.4 Å². The van der Waals surface area contributed by atoms with E-state index in [4.69, 9.17) is 10.5 Å². The first-order chi connectivity index (χ1) is 20.2. The highest BCUT2D eigenvalue weighted by Crippen LogP contribution is 2.30. The SMILES string of the molecule is CC(C)(C=C(C#N)C(=O)N1CC[C@H](n2c(=O)n(-c3ccc(Oc4ccccc4)cc3)c3c(N)ncnc32)C1)NC1CC1. The van der Waals surface area contributed by atoms with Crippen LogP contribution in [0.4, 0.5) is 5.82 Å². The number of carbonyl (C=O) groups is 1. The van der Waals surface area contributed by atoms with E-state index in [0.29, 0.717) is 47.4 Å². The van der Waals surface area contributed by atoms with Gasteiger partial charge in [-0.2, -0.15) is 5.26 Å². The molecule has 1 saturated carbocycles. The average molecular weight is 565 g/mol. The van der Waals surface area contributed by atoms with E-state index >= 15 is 0 Å². The van der Waals surface area contributed by atoms with Gasteiger partial charge in [-0.3, -0.25) is 13.9 Å². The van der Waals surface area contributed by atoms with Crippen LogP contribution in [0, 0.1) is 11.3 Å². The number of nitrogen functional groups attached to an aromatic ring is 1. The molecule has 42 heavy (non-hydrogen) atoms.